The van der Waals surface area contributed by atoms with Gasteiger partial charge >= 0.3 is 6.18 Å². The summed E-state index contributed by atoms with van der Waals surface area (Å²) in [5.74, 6) is 0.849. The molecule has 0 saturated heterocycles. The van der Waals surface area contributed by atoms with Gasteiger partial charge < -0.3 is 4.52 Å². The molecule has 6 nitrogen and oxygen atoms in total. The van der Waals surface area contributed by atoms with E-state index in [-0.39, 0.29) is 28.8 Å². The van der Waals surface area contributed by atoms with Crippen LogP contribution in [-0.4, -0.2) is 25.9 Å². The molecule has 0 amide bonds. The molecule has 28 heavy (non-hydrogen) atoms. The largest absolute Gasteiger partial charge is 0.416 e. The summed E-state index contributed by atoms with van der Waals surface area (Å²) < 4.78 is 43.7. The lowest BCUT2D eigenvalue weighted by Crippen LogP contribution is -2.06. The van der Waals surface area contributed by atoms with Gasteiger partial charge in [0.15, 0.2) is 5.78 Å². The molecule has 3 rings (SSSR count). The molecule has 0 aliphatic rings. The molecule has 0 spiro atoms. The Bertz CT molecular complexity index is 1030. The van der Waals surface area contributed by atoms with Gasteiger partial charge in [0.1, 0.15) is 10.9 Å². The van der Waals surface area contributed by atoms with Gasteiger partial charge in [-0.1, -0.05) is 29.1 Å². The van der Waals surface area contributed by atoms with Crippen LogP contribution < -0.4 is 0 Å². The molecule has 0 aliphatic heterocycles. The number of thioether (sulfide) groups is 1. The van der Waals surface area contributed by atoms with Crippen LogP contribution in [0.1, 0.15) is 40.3 Å². The number of hydrogen-bond acceptors (Lipinski definition) is 7. The van der Waals surface area contributed by atoms with Crippen LogP contribution in [0.25, 0.3) is 11.4 Å². The van der Waals surface area contributed by atoms with E-state index in [0.717, 1.165) is 12.1 Å². The second kappa shape index (κ2) is 7.70. The number of halogens is 3. The number of aryl methyl sites for hydroxylation is 2. The third-order valence-corrected chi connectivity index (χ3v) is 4.73. The number of rotatable bonds is 5. The fourth-order valence-electron chi connectivity index (χ4n) is 2.59. The van der Waals surface area contributed by atoms with Crippen molar-refractivity contribution in [1.29, 1.82) is 0 Å². The summed E-state index contributed by atoms with van der Waals surface area (Å²) in [6.07, 6.45) is -4.45. The molecule has 0 saturated carbocycles. The maximum Gasteiger partial charge on any atom is 0.416 e. The Kier molecular flexibility index (Phi) is 5.50. The van der Waals surface area contributed by atoms with Crippen molar-refractivity contribution in [1.82, 2.24) is 20.1 Å². The van der Waals surface area contributed by atoms with Crippen molar-refractivity contribution in [2.24, 2.45) is 0 Å². The molecule has 0 fully saturated rings. The minimum atomic E-state index is -4.45. The fourth-order valence-corrected chi connectivity index (χ4v) is 3.60. The van der Waals surface area contributed by atoms with Gasteiger partial charge in [-0.2, -0.15) is 18.2 Å². The van der Waals surface area contributed by atoms with Crippen molar-refractivity contribution in [3.63, 3.8) is 0 Å². The molecule has 0 radical (unpaired) electrons. The van der Waals surface area contributed by atoms with Crippen LogP contribution in [0, 0.1) is 13.8 Å². The van der Waals surface area contributed by atoms with Crippen molar-refractivity contribution in [3.05, 3.63) is 52.8 Å². The number of Topliss-reactive ketones (excluding diaryl/α,β-unsaturated/α-hetero) is 1. The Morgan fingerprint density at radius 3 is 2.61 bits per heavy atom. The van der Waals surface area contributed by atoms with Gasteiger partial charge in [-0.15, -0.1) is 0 Å². The average molecular weight is 408 g/mol. The molecule has 146 valence electrons. The van der Waals surface area contributed by atoms with Gasteiger partial charge in [0.25, 0.3) is 0 Å². The van der Waals surface area contributed by atoms with E-state index in [0.29, 0.717) is 22.1 Å². The van der Waals surface area contributed by atoms with E-state index in [1.165, 1.54) is 30.8 Å². The third-order valence-electron chi connectivity index (χ3n) is 3.77. The first kappa shape index (κ1) is 20.0. The zero-order chi connectivity index (χ0) is 20.5. The molecule has 0 N–H and O–H groups in total. The minimum absolute atomic E-state index is 0.0588. The number of aromatic nitrogens is 4. The SMILES string of the molecule is CC(=O)c1c(C)nc(C)nc1SCc1nc(-c2cccc(C(F)(F)F)c2)no1. The van der Waals surface area contributed by atoms with E-state index in [2.05, 4.69) is 20.1 Å². The predicted octanol–water partition coefficient (Wildman–Crippen LogP) is 4.66. The lowest BCUT2D eigenvalue weighted by molar-refractivity contribution is -0.137. The lowest BCUT2D eigenvalue weighted by atomic mass is 10.1. The summed E-state index contributed by atoms with van der Waals surface area (Å²) in [5, 5.41) is 4.24. The first-order valence-electron chi connectivity index (χ1n) is 8.14. The molecule has 3 aromatic rings. The maximum atomic E-state index is 12.9. The van der Waals surface area contributed by atoms with Crippen molar-refractivity contribution in [2.45, 2.75) is 37.7 Å². The molecule has 2 heterocycles. The highest BCUT2D eigenvalue weighted by atomic mass is 32.2. The molecular weight excluding hydrogens is 393 g/mol. The fraction of sp³-hybridized carbons (Fsp3) is 0.278. The molecule has 0 bridgehead atoms. The highest BCUT2D eigenvalue weighted by molar-refractivity contribution is 7.98. The van der Waals surface area contributed by atoms with Crippen molar-refractivity contribution in [2.75, 3.05) is 0 Å². The third kappa shape index (κ3) is 4.38. The van der Waals surface area contributed by atoms with Gasteiger partial charge in [-0.3, -0.25) is 4.79 Å². The average Bonchev–Trinajstić information content (AvgIpc) is 3.07. The minimum Gasteiger partial charge on any atom is -0.338 e. The second-order valence-corrected chi connectivity index (χ2v) is 6.94. The molecule has 0 atom stereocenters. The maximum absolute atomic E-state index is 12.9. The van der Waals surface area contributed by atoms with E-state index in [1.807, 2.05) is 0 Å². The first-order chi connectivity index (χ1) is 13.1. The normalized spacial score (nSPS) is 11.6. The molecule has 10 heteroatoms. The molecule has 2 aromatic heterocycles. The summed E-state index contributed by atoms with van der Waals surface area (Å²) in [6, 6.07) is 4.70. The highest BCUT2D eigenvalue weighted by Crippen LogP contribution is 2.32. The number of carbonyl (C=O) groups is 1. The Morgan fingerprint density at radius 1 is 1.18 bits per heavy atom. The van der Waals surface area contributed by atoms with Crippen molar-refractivity contribution < 1.29 is 22.5 Å². The van der Waals surface area contributed by atoms with Gasteiger partial charge in [0, 0.05) is 5.56 Å². The number of hydrogen-bond donors (Lipinski definition) is 0. The van der Waals surface area contributed by atoms with Crippen LogP contribution in [0.15, 0.2) is 33.8 Å². The highest BCUT2D eigenvalue weighted by Gasteiger charge is 2.30. The second-order valence-electron chi connectivity index (χ2n) is 5.97. The Labute approximate surface area is 162 Å². The summed E-state index contributed by atoms with van der Waals surface area (Å²) >= 11 is 1.22. The standard InChI is InChI=1S/C18H15F3N4O2S/c1-9-15(10(2)26)17(23-11(3)22-9)28-8-14-24-16(25-27-14)12-5-4-6-13(7-12)18(19,20)21/h4-7H,8H2,1-3H3. The topological polar surface area (TPSA) is 81.8 Å². The Morgan fingerprint density at radius 2 is 1.93 bits per heavy atom. The van der Waals surface area contributed by atoms with Gasteiger partial charge in [0.05, 0.1) is 22.6 Å². The zero-order valence-corrected chi connectivity index (χ0v) is 16.0. The van der Waals surface area contributed by atoms with E-state index in [1.54, 1.807) is 13.8 Å². The number of alkyl halides is 3. The van der Waals surface area contributed by atoms with Crippen LogP contribution in [0.2, 0.25) is 0 Å². The van der Waals surface area contributed by atoms with Crippen LogP contribution in [0.3, 0.4) is 0 Å². The van der Waals surface area contributed by atoms with Crippen molar-refractivity contribution >= 4 is 17.5 Å². The number of ketones is 1. The van der Waals surface area contributed by atoms with E-state index < -0.39 is 11.7 Å². The zero-order valence-electron chi connectivity index (χ0n) is 15.2. The van der Waals surface area contributed by atoms with Gasteiger partial charge in [-0.05, 0) is 32.9 Å². The van der Waals surface area contributed by atoms with Crippen molar-refractivity contribution in [3.8, 4) is 11.4 Å². The molecule has 0 unspecified atom stereocenters. The monoisotopic (exact) mass is 408 g/mol. The Hall–Kier alpha value is -2.75. The van der Waals surface area contributed by atoms with Crippen LogP contribution in [0.4, 0.5) is 13.2 Å². The number of carbonyl (C=O) groups excluding carboxylic acids is 1. The van der Waals surface area contributed by atoms with E-state index >= 15 is 0 Å². The summed E-state index contributed by atoms with van der Waals surface area (Å²) in [7, 11) is 0. The molecule has 1 aromatic carbocycles. The number of benzene rings is 1. The summed E-state index contributed by atoms with van der Waals surface area (Å²) in [6.45, 7) is 4.89. The number of nitrogens with zero attached hydrogens (tertiary/aromatic N) is 4. The van der Waals surface area contributed by atoms with E-state index in [9.17, 15) is 18.0 Å². The molecule has 0 aliphatic carbocycles. The van der Waals surface area contributed by atoms with E-state index in [4.69, 9.17) is 4.52 Å². The first-order valence-corrected chi connectivity index (χ1v) is 9.13. The molecular formula is C18H15F3N4O2S. The smallest absolute Gasteiger partial charge is 0.338 e. The van der Waals surface area contributed by atoms with Gasteiger partial charge in [0.2, 0.25) is 11.7 Å². The van der Waals surface area contributed by atoms with Gasteiger partial charge in [-0.25, -0.2) is 9.97 Å². The Balaban J connectivity index is 1.81. The summed E-state index contributed by atoms with van der Waals surface area (Å²) in [5.41, 5.74) is 0.419. The van der Waals surface area contributed by atoms with Crippen LogP contribution in [-0.2, 0) is 11.9 Å². The predicted molar refractivity (Wildman–Crippen MR) is 95.8 cm³/mol. The van der Waals surface area contributed by atoms with Crippen LogP contribution in [0.5, 0.6) is 0 Å². The lowest BCUT2D eigenvalue weighted by Gasteiger charge is -2.08. The summed E-state index contributed by atoms with van der Waals surface area (Å²) in [4.78, 5) is 24.5. The van der Waals surface area contributed by atoms with Crippen LogP contribution >= 0.6 is 11.8 Å². The quantitative estimate of drug-likeness (QED) is 0.345.